The van der Waals surface area contributed by atoms with Crippen molar-refractivity contribution in [3.8, 4) is 29.1 Å². The number of halogens is 2. The van der Waals surface area contributed by atoms with Crippen LogP contribution < -0.4 is 81.0 Å². The van der Waals surface area contributed by atoms with Crippen LogP contribution in [0.25, 0.3) is 0 Å². The molecule has 0 spiro atoms. The van der Waals surface area contributed by atoms with Gasteiger partial charge in [0, 0.05) is 145 Å². The number of hydrogen-bond donors (Lipinski definition) is 12. The molecule has 0 aliphatic heterocycles. The Morgan fingerprint density at radius 2 is 0.685 bits per heavy atom. The van der Waals surface area contributed by atoms with E-state index in [-0.39, 0.29) is 23.4 Å². The van der Waals surface area contributed by atoms with E-state index >= 15 is 0 Å². The van der Waals surface area contributed by atoms with E-state index in [1.54, 1.807) is 114 Å². The van der Waals surface area contributed by atoms with Crippen molar-refractivity contribution in [1.29, 1.82) is 5.26 Å². The molecule has 24 nitrogen and oxygen atoms in total. The highest BCUT2D eigenvalue weighted by Crippen LogP contribution is 2.25. The van der Waals surface area contributed by atoms with Crippen LogP contribution in [-0.4, -0.2) is 156 Å². The highest BCUT2D eigenvalue weighted by Gasteiger charge is 2.17. The first kappa shape index (κ1) is 136. The third-order valence-corrected chi connectivity index (χ3v) is 23.7. The molecule has 0 bridgehead atoms. The maximum atomic E-state index is 11.5. The Kier molecular flexibility index (Phi) is 76.6. The van der Waals surface area contributed by atoms with E-state index in [4.69, 9.17) is 47.4 Å². The second kappa shape index (κ2) is 80.8. The van der Waals surface area contributed by atoms with Gasteiger partial charge in [0.05, 0.1) is 62.2 Å². The number of nitrogens with one attached hydrogen (secondary N) is 12. The minimum absolute atomic E-state index is 0.00463. The van der Waals surface area contributed by atoms with Crippen molar-refractivity contribution in [2.45, 2.75) is 315 Å². The van der Waals surface area contributed by atoms with Crippen LogP contribution >= 0.6 is 23.2 Å². The number of hydrogen-bond acceptors (Lipinski definition) is 21. The van der Waals surface area contributed by atoms with Gasteiger partial charge in [-0.05, 0) is 232 Å². The lowest BCUT2D eigenvalue weighted by Crippen LogP contribution is -2.35. The molecule has 0 saturated heterocycles. The summed E-state index contributed by atoms with van der Waals surface area (Å²) in [6, 6.07) is 87.5. The van der Waals surface area contributed by atoms with Crippen LogP contribution in [-0.2, 0) is 82.2 Å². The number of ether oxygens (including phenoxy) is 4. The number of para-hydroxylation sites is 1. The van der Waals surface area contributed by atoms with Gasteiger partial charge in [0.1, 0.15) is 23.0 Å². The summed E-state index contributed by atoms with van der Waals surface area (Å²) in [4.78, 5) is 4.50. The minimum Gasteiger partial charge on any atom is -0.497 e. The van der Waals surface area contributed by atoms with E-state index in [0.29, 0.717) is 64.8 Å². The predicted molar refractivity (Wildman–Crippen MR) is 608 cm³/mol. The molecule has 12 N–H and O–H groups in total. The average molecular weight is 2070 g/mol. The number of pyridine rings is 1. The normalized spacial score (nSPS) is 10.9. The van der Waals surface area contributed by atoms with E-state index in [9.17, 15) is 25.3 Å². The van der Waals surface area contributed by atoms with Crippen LogP contribution in [0.15, 0.2) is 260 Å². The molecule has 10 aromatic rings. The van der Waals surface area contributed by atoms with Crippen molar-refractivity contribution in [3.05, 3.63) is 315 Å². The Labute approximate surface area is 876 Å². The molecule has 0 amide bonds. The molecule has 0 aliphatic carbocycles. The van der Waals surface area contributed by atoms with Gasteiger partial charge in [0.15, 0.2) is 0 Å². The summed E-state index contributed by atoms with van der Waals surface area (Å²) in [6.45, 7) is 59.9. The van der Waals surface area contributed by atoms with Gasteiger partial charge >= 0.3 is 0 Å². The lowest BCUT2D eigenvalue weighted by Gasteiger charge is -2.12. The average Bonchev–Trinajstić information content (AvgIpc) is 0.847. The van der Waals surface area contributed by atoms with E-state index in [2.05, 4.69) is 270 Å². The summed E-state index contributed by atoms with van der Waals surface area (Å²) >= 11 is 11.6. The molecular weight excluding hydrogens is 1890 g/mol. The maximum Gasteiger partial charge on any atom is 0.240 e. The number of benzene rings is 9. The molecule has 1 aromatic heterocycles. The number of aromatic nitrogens is 1. The van der Waals surface area contributed by atoms with Crippen molar-refractivity contribution >= 4 is 59.0 Å². The van der Waals surface area contributed by atoms with Crippen LogP contribution in [0.2, 0.25) is 10.0 Å². The van der Waals surface area contributed by atoms with Crippen LogP contribution in [0.1, 0.15) is 230 Å². The highest BCUT2D eigenvalue weighted by atomic mass is 35.5. The second-order valence-corrected chi connectivity index (χ2v) is 44.0. The minimum atomic E-state index is -3.31. The number of nitriles is 1. The largest absolute Gasteiger partial charge is 0.497 e. The van der Waals surface area contributed by atoms with Crippen LogP contribution in [0, 0.1) is 11.3 Å². The summed E-state index contributed by atoms with van der Waals surface area (Å²) in [5, 5.41) is 39.9. The van der Waals surface area contributed by atoms with E-state index < -0.39 is 30.1 Å². The number of anilines is 1. The summed E-state index contributed by atoms with van der Waals surface area (Å²) in [5.74, 6) is 3.52. The summed E-state index contributed by atoms with van der Waals surface area (Å²) in [5.41, 5.74) is 11.9. The monoisotopic (exact) mass is 2070 g/mol. The molecule has 10 rings (SSSR count). The predicted octanol–water partition coefficient (Wildman–Crippen LogP) is 22.7. The van der Waals surface area contributed by atoms with Gasteiger partial charge in [-0.15, -0.1) is 0 Å². The zero-order valence-electron chi connectivity index (χ0n) is 91.8. The van der Waals surface area contributed by atoms with Crippen LogP contribution in [0.5, 0.6) is 23.0 Å². The first-order valence-corrected chi connectivity index (χ1v) is 55.2. The topological polar surface area (TPSA) is 320 Å². The Bertz CT molecular complexity index is 5170. The first-order chi connectivity index (χ1) is 67.4. The van der Waals surface area contributed by atoms with Gasteiger partial charge in [-0.3, -0.25) is 4.98 Å². The molecule has 9 aromatic carbocycles. The lowest BCUT2D eigenvalue weighted by molar-refractivity contribution is 0.389. The second-order valence-electron chi connectivity index (χ2n) is 37.3. The van der Waals surface area contributed by atoms with Gasteiger partial charge in [0.2, 0.25) is 30.1 Å². The zero-order chi connectivity index (χ0) is 108. The molecule has 0 unspecified atom stereocenters. The summed E-state index contributed by atoms with van der Waals surface area (Å²) < 4.78 is 93.7. The Balaban J connectivity index is 0. The summed E-state index contributed by atoms with van der Waals surface area (Å²) in [7, 11) is -2.63. The molecular formula is C114H180Cl2N14O10S3. The molecule has 0 fully saturated rings. The van der Waals surface area contributed by atoms with Gasteiger partial charge in [-0.1, -0.05) is 274 Å². The van der Waals surface area contributed by atoms with Crippen molar-refractivity contribution in [2.24, 2.45) is 0 Å². The molecule has 0 radical (unpaired) electrons. The van der Waals surface area contributed by atoms with Crippen molar-refractivity contribution < 1.29 is 44.2 Å². The van der Waals surface area contributed by atoms with E-state index in [1.165, 1.54) is 39.1 Å². The van der Waals surface area contributed by atoms with E-state index in [1.807, 2.05) is 152 Å². The molecule has 143 heavy (non-hydrogen) atoms. The zero-order valence-corrected chi connectivity index (χ0v) is 95.7. The van der Waals surface area contributed by atoms with Gasteiger partial charge in [0.25, 0.3) is 0 Å². The molecule has 0 atom stereocenters. The highest BCUT2D eigenvalue weighted by molar-refractivity contribution is 7.90. The van der Waals surface area contributed by atoms with Gasteiger partial charge < -0.3 is 66.8 Å². The van der Waals surface area contributed by atoms with Crippen LogP contribution in [0.3, 0.4) is 0 Å². The molecule has 29 heteroatoms. The molecule has 1 heterocycles. The Morgan fingerprint density at radius 1 is 0.322 bits per heavy atom. The quantitative estimate of drug-likeness (QED) is 0.0170. The number of methoxy groups -OCH3 is 4. The Hall–Kier alpha value is -9.39. The first-order valence-electron chi connectivity index (χ1n) is 49.5. The van der Waals surface area contributed by atoms with Crippen molar-refractivity contribution in [2.75, 3.05) is 53.1 Å². The fourth-order valence-corrected chi connectivity index (χ4v) is 14.7. The lowest BCUT2D eigenvalue weighted by atomic mass is 10.1. The number of rotatable bonds is 40. The molecule has 0 aliphatic rings. The SMILES string of the molecule is CC(C)NCCc1ccccc1.CC(C)NCc1ccc(C#N)cc1.CC(C)NCc1ccc(Cl)cc1.CC(C)NCc1cccc(Cl)c1.CC(C)NCc1ccccn1.CC(C)NS(=O)(=O)C(C)C.CC(C)NS(=O)(=O)c1ccccc1.CC(C)NS(C)(=O)=O.CC(C)Nc1ccccc1.COc1ccc(CCNC(C)C)cc1.COc1ccc(CNC(C)C)c(OC)c1.COc1ccc(CNC(C)C)cc1. The third-order valence-electron chi connectivity index (χ3n) is 18.6. The van der Waals surface area contributed by atoms with Crippen LogP contribution in [0.4, 0.5) is 5.69 Å². The molecule has 798 valence electrons. The van der Waals surface area contributed by atoms with Gasteiger partial charge in [-0.25, -0.2) is 39.4 Å². The van der Waals surface area contributed by atoms with Gasteiger partial charge in [-0.2, -0.15) is 5.26 Å². The fourth-order valence-electron chi connectivity index (χ4n) is 11.3. The van der Waals surface area contributed by atoms with Crippen molar-refractivity contribution in [3.63, 3.8) is 0 Å². The van der Waals surface area contributed by atoms with E-state index in [0.717, 1.165) is 116 Å². The summed E-state index contributed by atoms with van der Waals surface area (Å²) in [6.07, 6.45) is 5.16. The van der Waals surface area contributed by atoms with Crippen molar-refractivity contribution in [1.82, 2.24) is 61.7 Å². The Morgan fingerprint density at radius 3 is 1.04 bits per heavy atom. The number of nitrogens with zero attached hydrogens (tertiary/aromatic N) is 2. The molecule has 0 saturated carbocycles. The standard InChI is InChI=1S/C12H19NO2.C12H19NO.C11H14N2.C11H17NO.C11H17N.2C10H14ClN.C9H14N2.C9H13NO2S.C9H13N.C6H15NO2S.C4H11NO2S/c1-9(2)13-8-10-5-6-11(14-3)7-12(10)15-4;1-10(2)13-9-8-11-4-6-12(14-3)7-5-11;1-9(2)13-8-11-5-3-10(7-12)4-6-11;1-9(2)12-8-10-4-6-11(13-3)7-5-10;1-10(2)12-9-8-11-6-4-3-5-7-11;1-8(2)12-7-9-3-5-10(11)6-4-9;1-8(2)12-7-9-4-3-5-10(11)6-9;1-8(2)11-7-9-5-3-4-6-10-9;1-8(2)10-13(11,12)9-6-4-3-5-7-9;1-8(2)10-9-6-4-3-5-7-9;1-5(2)7-10(8,9)6(3)4;1-4(2)5-8(3,6)7/h5-7,9,13H,8H2,1-4H3;4-7,10,13H,8-9H2,1-3H3;3-6,9,13H,8H2,1-2H3;4-7,9,12H,8H2,1-3H3;3-7,10,12H,8-9H2,1-2H3;2*3-6,8,12H,7H2,1-2H3;3-6,8,11H,7H2,1-2H3;3-8,10H,1-2H3;3-8,10H,1-2H3;5-7H,1-4H3;4-5H,1-3H3. The fraction of sp³-hybridized carbons (Fsp3) is 0.474. The third kappa shape index (κ3) is 79.6. The smallest absolute Gasteiger partial charge is 0.240 e. The maximum absolute atomic E-state index is 11.5. The number of sulfonamides is 3.